The molecule has 2 heterocycles. The SMILES string of the molecule is CCOC(=O)N1Cc2ccccc2C2(CCNCC2)C1.Cl. The van der Waals surface area contributed by atoms with E-state index in [9.17, 15) is 4.79 Å². The summed E-state index contributed by atoms with van der Waals surface area (Å²) < 4.78 is 5.20. The van der Waals surface area contributed by atoms with Crippen molar-refractivity contribution in [3.63, 3.8) is 0 Å². The van der Waals surface area contributed by atoms with Gasteiger partial charge in [0.25, 0.3) is 0 Å². The van der Waals surface area contributed by atoms with Crippen molar-refractivity contribution in [3.05, 3.63) is 35.4 Å². The van der Waals surface area contributed by atoms with Crippen molar-refractivity contribution in [1.82, 2.24) is 10.2 Å². The van der Waals surface area contributed by atoms with Crippen LogP contribution in [0.25, 0.3) is 0 Å². The average Bonchev–Trinajstić information content (AvgIpc) is 2.48. The molecule has 1 saturated heterocycles. The van der Waals surface area contributed by atoms with E-state index in [1.165, 1.54) is 11.1 Å². The molecule has 1 aromatic carbocycles. The third-order valence-corrected chi connectivity index (χ3v) is 4.53. The van der Waals surface area contributed by atoms with E-state index in [0.29, 0.717) is 13.2 Å². The van der Waals surface area contributed by atoms with Crippen LogP contribution >= 0.6 is 12.4 Å². The maximum atomic E-state index is 12.1. The third kappa shape index (κ3) is 3.01. The monoisotopic (exact) mass is 310 g/mol. The molecule has 5 heteroatoms. The zero-order valence-electron chi connectivity index (χ0n) is 12.4. The fraction of sp³-hybridized carbons (Fsp3) is 0.562. The van der Waals surface area contributed by atoms with E-state index < -0.39 is 0 Å². The number of benzene rings is 1. The van der Waals surface area contributed by atoms with Gasteiger partial charge >= 0.3 is 6.09 Å². The standard InChI is InChI=1S/C16H22N2O2.ClH/c1-2-20-15(19)18-11-13-5-3-4-6-14(13)16(12-18)7-9-17-10-8-16;/h3-6,17H,2,7-12H2,1H3;1H. The van der Waals surface area contributed by atoms with Crippen molar-refractivity contribution in [2.45, 2.75) is 31.7 Å². The summed E-state index contributed by atoms with van der Waals surface area (Å²) >= 11 is 0. The number of halogens is 1. The summed E-state index contributed by atoms with van der Waals surface area (Å²) in [6.07, 6.45) is 1.99. The van der Waals surface area contributed by atoms with Gasteiger partial charge in [-0.15, -0.1) is 12.4 Å². The molecule has 1 aromatic rings. The molecule has 116 valence electrons. The number of carbonyl (C=O) groups excluding carboxylic acids is 1. The molecular weight excluding hydrogens is 288 g/mol. The number of piperidine rings is 1. The number of hydrogen-bond donors (Lipinski definition) is 1. The molecule has 3 rings (SSSR count). The van der Waals surface area contributed by atoms with Crippen LogP contribution in [0.1, 0.15) is 30.9 Å². The van der Waals surface area contributed by atoms with Crippen molar-refractivity contribution in [2.24, 2.45) is 0 Å². The Morgan fingerprint density at radius 1 is 1.33 bits per heavy atom. The second-order valence-electron chi connectivity index (χ2n) is 5.74. The first-order chi connectivity index (χ1) is 9.75. The molecule has 0 unspecified atom stereocenters. The zero-order chi connectivity index (χ0) is 14.0. The van der Waals surface area contributed by atoms with Gasteiger partial charge < -0.3 is 15.0 Å². The van der Waals surface area contributed by atoms with Crippen LogP contribution in [-0.4, -0.2) is 37.2 Å². The molecule has 21 heavy (non-hydrogen) atoms. The predicted octanol–water partition coefficient (Wildman–Crippen LogP) is 2.70. The van der Waals surface area contributed by atoms with Gasteiger partial charge in [-0.2, -0.15) is 0 Å². The smallest absolute Gasteiger partial charge is 0.410 e. The first-order valence-electron chi connectivity index (χ1n) is 7.46. The Morgan fingerprint density at radius 3 is 2.76 bits per heavy atom. The van der Waals surface area contributed by atoms with E-state index in [-0.39, 0.29) is 23.9 Å². The Balaban J connectivity index is 0.00000161. The first-order valence-corrected chi connectivity index (χ1v) is 7.46. The molecule has 1 N–H and O–H groups in total. The fourth-order valence-electron chi connectivity index (χ4n) is 3.56. The summed E-state index contributed by atoms with van der Waals surface area (Å²) in [4.78, 5) is 14.0. The summed E-state index contributed by atoms with van der Waals surface area (Å²) in [7, 11) is 0. The summed E-state index contributed by atoms with van der Waals surface area (Å²) in [6.45, 7) is 5.78. The predicted molar refractivity (Wildman–Crippen MR) is 84.9 cm³/mol. The van der Waals surface area contributed by atoms with Gasteiger partial charge in [0.2, 0.25) is 0 Å². The van der Waals surface area contributed by atoms with Crippen LogP contribution in [0.4, 0.5) is 4.79 Å². The molecule has 0 aliphatic carbocycles. The second kappa shape index (κ2) is 6.67. The highest BCUT2D eigenvalue weighted by molar-refractivity contribution is 5.85. The highest BCUT2D eigenvalue weighted by Gasteiger charge is 2.41. The lowest BCUT2D eigenvalue weighted by molar-refractivity contribution is 0.0815. The first kappa shape index (κ1) is 16.1. The summed E-state index contributed by atoms with van der Waals surface area (Å²) in [5, 5.41) is 3.42. The highest BCUT2D eigenvalue weighted by atomic mass is 35.5. The Morgan fingerprint density at radius 2 is 2.05 bits per heavy atom. The van der Waals surface area contributed by atoms with E-state index >= 15 is 0 Å². The van der Waals surface area contributed by atoms with E-state index in [2.05, 4.69) is 29.6 Å². The van der Waals surface area contributed by atoms with Gasteiger partial charge in [0, 0.05) is 18.5 Å². The van der Waals surface area contributed by atoms with Gasteiger partial charge in [-0.1, -0.05) is 24.3 Å². The number of amides is 1. The maximum Gasteiger partial charge on any atom is 0.410 e. The minimum absolute atomic E-state index is 0. The normalized spacial score (nSPS) is 19.6. The van der Waals surface area contributed by atoms with E-state index in [4.69, 9.17) is 4.74 Å². The second-order valence-corrected chi connectivity index (χ2v) is 5.74. The van der Waals surface area contributed by atoms with Crippen LogP contribution in [-0.2, 0) is 16.7 Å². The number of ether oxygens (including phenoxy) is 1. The Hall–Kier alpha value is -1.26. The minimum Gasteiger partial charge on any atom is -0.450 e. The van der Waals surface area contributed by atoms with Gasteiger partial charge in [-0.3, -0.25) is 0 Å². The lowest BCUT2D eigenvalue weighted by Crippen LogP contribution is -2.52. The number of hydrogen-bond acceptors (Lipinski definition) is 3. The molecular formula is C16H23ClN2O2. The topological polar surface area (TPSA) is 41.6 Å². The zero-order valence-corrected chi connectivity index (χ0v) is 13.2. The van der Waals surface area contributed by atoms with E-state index in [1.807, 2.05) is 11.8 Å². The highest BCUT2D eigenvalue weighted by Crippen LogP contribution is 2.40. The van der Waals surface area contributed by atoms with Crippen molar-refractivity contribution in [3.8, 4) is 0 Å². The van der Waals surface area contributed by atoms with Crippen LogP contribution in [0.3, 0.4) is 0 Å². The van der Waals surface area contributed by atoms with Crippen molar-refractivity contribution in [2.75, 3.05) is 26.2 Å². The number of nitrogens with zero attached hydrogens (tertiary/aromatic N) is 1. The molecule has 1 fully saturated rings. The lowest BCUT2D eigenvalue weighted by atomic mass is 9.69. The molecule has 0 atom stereocenters. The van der Waals surface area contributed by atoms with Gasteiger partial charge in [0.15, 0.2) is 0 Å². The summed E-state index contributed by atoms with van der Waals surface area (Å²) in [5.74, 6) is 0. The number of fused-ring (bicyclic) bond motifs is 2. The van der Waals surface area contributed by atoms with Crippen molar-refractivity contribution in [1.29, 1.82) is 0 Å². The quantitative estimate of drug-likeness (QED) is 0.867. The molecule has 1 spiro atoms. The molecule has 0 bridgehead atoms. The average molecular weight is 311 g/mol. The molecule has 0 saturated carbocycles. The van der Waals surface area contributed by atoms with E-state index in [1.54, 1.807) is 0 Å². The van der Waals surface area contributed by atoms with Gasteiger partial charge in [0.05, 0.1) is 6.61 Å². The molecule has 1 amide bonds. The Labute approximate surface area is 132 Å². The number of carbonyl (C=O) groups is 1. The number of nitrogens with one attached hydrogen (secondary N) is 1. The summed E-state index contributed by atoms with van der Waals surface area (Å²) in [6, 6.07) is 8.55. The van der Waals surface area contributed by atoms with Gasteiger partial charge in [-0.25, -0.2) is 4.79 Å². The van der Waals surface area contributed by atoms with Crippen LogP contribution in [0.2, 0.25) is 0 Å². The summed E-state index contributed by atoms with van der Waals surface area (Å²) in [5.41, 5.74) is 2.81. The van der Waals surface area contributed by atoms with Crippen LogP contribution in [0.15, 0.2) is 24.3 Å². The van der Waals surface area contributed by atoms with Crippen LogP contribution in [0, 0.1) is 0 Å². The minimum atomic E-state index is -0.181. The Bertz CT molecular complexity index is 501. The van der Waals surface area contributed by atoms with Crippen LogP contribution in [0.5, 0.6) is 0 Å². The van der Waals surface area contributed by atoms with Gasteiger partial charge in [-0.05, 0) is 44.0 Å². The molecule has 4 nitrogen and oxygen atoms in total. The van der Waals surface area contributed by atoms with Crippen molar-refractivity contribution < 1.29 is 9.53 Å². The van der Waals surface area contributed by atoms with Gasteiger partial charge in [0.1, 0.15) is 0 Å². The van der Waals surface area contributed by atoms with Crippen LogP contribution < -0.4 is 5.32 Å². The fourth-order valence-corrected chi connectivity index (χ4v) is 3.56. The molecule has 0 radical (unpaired) electrons. The number of rotatable bonds is 1. The maximum absolute atomic E-state index is 12.1. The largest absolute Gasteiger partial charge is 0.450 e. The lowest BCUT2D eigenvalue weighted by Gasteiger charge is -2.46. The van der Waals surface area contributed by atoms with Crippen molar-refractivity contribution >= 4 is 18.5 Å². The molecule has 2 aliphatic heterocycles. The van der Waals surface area contributed by atoms with E-state index in [0.717, 1.165) is 32.5 Å². The third-order valence-electron chi connectivity index (χ3n) is 4.53. The molecule has 0 aromatic heterocycles. The molecule has 2 aliphatic rings. The Kier molecular flexibility index (Phi) is 5.12.